The highest BCUT2D eigenvalue weighted by Crippen LogP contribution is 2.38. The Bertz CT molecular complexity index is 603. The first kappa shape index (κ1) is 14.2. The standard InChI is InChI=1S/C10H15N2O6P/c13-9-4-5-12(10(14)11-9)7-2-1-3-8(7)18-6-19(15,16)17/h4-5,7-8H,1-3,6H2,(H,11,13,14)(H2,15,16,17)/t7-,8-/m1/s1. The van der Waals surface area contributed by atoms with Crippen LogP contribution < -0.4 is 11.2 Å². The minimum Gasteiger partial charge on any atom is -0.363 e. The average Bonchev–Trinajstić information content (AvgIpc) is 2.73. The Labute approximate surface area is 108 Å². The molecule has 0 saturated heterocycles. The van der Waals surface area contributed by atoms with E-state index in [0.717, 1.165) is 6.42 Å². The van der Waals surface area contributed by atoms with Crippen LogP contribution >= 0.6 is 7.60 Å². The molecule has 1 saturated carbocycles. The zero-order valence-electron chi connectivity index (χ0n) is 10.1. The monoisotopic (exact) mass is 290 g/mol. The number of hydrogen-bond acceptors (Lipinski definition) is 4. The van der Waals surface area contributed by atoms with Gasteiger partial charge in [-0.2, -0.15) is 0 Å². The number of rotatable bonds is 4. The minimum atomic E-state index is -4.22. The van der Waals surface area contributed by atoms with Crippen molar-refractivity contribution in [1.82, 2.24) is 9.55 Å². The SMILES string of the molecule is O=c1ccn([C@@H]2CCC[C@H]2OCP(=O)(O)O)c(=O)[nH]1. The zero-order chi connectivity index (χ0) is 14.0. The lowest BCUT2D eigenvalue weighted by Gasteiger charge is -2.22. The lowest BCUT2D eigenvalue weighted by molar-refractivity contribution is 0.0499. The van der Waals surface area contributed by atoms with Gasteiger partial charge in [0.05, 0.1) is 12.1 Å². The Hall–Kier alpha value is -1.21. The van der Waals surface area contributed by atoms with Crippen molar-refractivity contribution in [2.75, 3.05) is 6.35 Å². The van der Waals surface area contributed by atoms with Gasteiger partial charge in [-0.25, -0.2) is 4.79 Å². The summed E-state index contributed by atoms with van der Waals surface area (Å²) in [4.78, 5) is 42.4. The van der Waals surface area contributed by atoms with E-state index in [-0.39, 0.29) is 6.04 Å². The van der Waals surface area contributed by atoms with Crippen LogP contribution in [0.2, 0.25) is 0 Å². The molecule has 19 heavy (non-hydrogen) atoms. The molecular formula is C10H15N2O6P. The highest BCUT2D eigenvalue weighted by Gasteiger charge is 2.31. The quantitative estimate of drug-likeness (QED) is 0.659. The number of aromatic amines is 1. The molecule has 1 heterocycles. The lowest BCUT2D eigenvalue weighted by atomic mass is 10.2. The van der Waals surface area contributed by atoms with Gasteiger partial charge >= 0.3 is 13.3 Å². The summed E-state index contributed by atoms with van der Waals surface area (Å²) in [6.45, 7) is 0. The van der Waals surface area contributed by atoms with Crippen LogP contribution in [0.25, 0.3) is 0 Å². The van der Waals surface area contributed by atoms with Crippen molar-refractivity contribution in [3.8, 4) is 0 Å². The van der Waals surface area contributed by atoms with Crippen molar-refractivity contribution >= 4 is 7.60 Å². The molecule has 106 valence electrons. The zero-order valence-corrected chi connectivity index (χ0v) is 11.0. The van der Waals surface area contributed by atoms with Gasteiger partial charge < -0.3 is 14.5 Å². The fourth-order valence-corrected chi connectivity index (χ4v) is 2.69. The molecule has 8 nitrogen and oxygen atoms in total. The van der Waals surface area contributed by atoms with Crippen molar-refractivity contribution in [2.24, 2.45) is 0 Å². The van der Waals surface area contributed by atoms with Gasteiger partial charge in [0.1, 0.15) is 6.35 Å². The third-order valence-electron chi connectivity index (χ3n) is 3.08. The van der Waals surface area contributed by atoms with Crippen molar-refractivity contribution in [3.63, 3.8) is 0 Å². The summed E-state index contributed by atoms with van der Waals surface area (Å²) in [5.74, 6) is 0. The van der Waals surface area contributed by atoms with Crippen molar-refractivity contribution in [3.05, 3.63) is 33.1 Å². The number of nitrogens with one attached hydrogen (secondary N) is 1. The van der Waals surface area contributed by atoms with Crippen LogP contribution in [-0.4, -0.2) is 31.8 Å². The van der Waals surface area contributed by atoms with E-state index in [9.17, 15) is 14.2 Å². The number of aromatic nitrogens is 2. The van der Waals surface area contributed by atoms with Crippen LogP contribution in [-0.2, 0) is 9.30 Å². The van der Waals surface area contributed by atoms with Crippen LogP contribution in [0.1, 0.15) is 25.3 Å². The number of nitrogens with zero attached hydrogens (tertiary/aromatic N) is 1. The Morgan fingerprint density at radius 3 is 2.79 bits per heavy atom. The van der Waals surface area contributed by atoms with Crippen LogP contribution in [0.5, 0.6) is 0 Å². The van der Waals surface area contributed by atoms with E-state index in [1.807, 2.05) is 0 Å². The van der Waals surface area contributed by atoms with Crippen molar-refractivity contribution in [1.29, 1.82) is 0 Å². The molecule has 0 amide bonds. The molecule has 9 heteroatoms. The molecule has 1 aromatic rings. The number of H-pyrrole nitrogens is 1. The van der Waals surface area contributed by atoms with E-state index < -0.39 is 31.3 Å². The molecule has 1 aliphatic carbocycles. The maximum atomic E-state index is 11.7. The molecule has 1 aliphatic rings. The summed E-state index contributed by atoms with van der Waals surface area (Å²) in [7, 11) is -4.22. The van der Waals surface area contributed by atoms with Gasteiger partial charge in [0.25, 0.3) is 5.56 Å². The molecule has 1 aromatic heterocycles. The molecule has 0 radical (unpaired) electrons. The van der Waals surface area contributed by atoms with Crippen molar-refractivity contribution in [2.45, 2.75) is 31.4 Å². The Morgan fingerprint density at radius 1 is 1.42 bits per heavy atom. The van der Waals surface area contributed by atoms with E-state index in [0.29, 0.717) is 12.8 Å². The van der Waals surface area contributed by atoms with Gasteiger partial charge in [0.15, 0.2) is 0 Å². The van der Waals surface area contributed by atoms with E-state index >= 15 is 0 Å². The van der Waals surface area contributed by atoms with E-state index in [1.54, 1.807) is 0 Å². The molecule has 2 rings (SSSR count). The molecule has 0 aromatic carbocycles. The molecule has 3 N–H and O–H groups in total. The number of ether oxygens (including phenoxy) is 1. The first-order valence-corrected chi connectivity index (χ1v) is 7.64. The molecule has 1 fully saturated rings. The first-order valence-electron chi connectivity index (χ1n) is 5.84. The Kier molecular flexibility index (Phi) is 4.05. The van der Waals surface area contributed by atoms with Gasteiger partial charge in [0, 0.05) is 12.3 Å². The average molecular weight is 290 g/mol. The predicted molar refractivity (Wildman–Crippen MR) is 66.0 cm³/mol. The maximum Gasteiger partial charge on any atom is 0.350 e. The maximum absolute atomic E-state index is 11.7. The highest BCUT2D eigenvalue weighted by atomic mass is 31.2. The fourth-order valence-electron chi connectivity index (χ4n) is 2.30. The van der Waals surface area contributed by atoms with Crippen LogP contribution in [0.3, 0.4) is 0 Å². The van der Waals surface area contributed by atoms with Gasteiger partial charge in [0.2, 0.25) is 0 Å². The molecular weight excluding hydrogens is 275 g/mol. The fraction of sp³-hybridized carbons (Fsp3) is 0.600. The third kappa shape index (κ3) is 3.63. The second kappa shape index (κ2) is 5.42. The highest BCUT2D eigenvalue weighted by molar-refractivity contribution is 7.51. The number of hydrogen-bond donors (Lipinski definition) is 3. The summed E-state index contributed by atoms with van der Waals surface area (Å²) in [6.07, 6.45) is 2.36. The molecule has 0 bridgehead atoms. The Morgan fingerprint density at radius 2 is 2.16 bits per heavy atom. The van der Waals surface area contributed by atoms with Gasteiger partial charge in [-0.1, -0.05) is 0 Å². The largest absolute Gasteiger partial charge is 0.363 e. The minimum absolute atomic E-state index is 0.309. The predicted octanol–water partition coefficient (Wildman–Crippen LogP) is -0.218. The second-order valence-corrected chi connectivity index (χ2v) is 6.10. The summed E-state index contributed by atoms with van der Waals surface area (Å²) in [5, 5.41) is 0. The van der Waals surface area contributed by atoms with Crippen LogP contribution in [0, 0.1) is 0 Å². The third-order valence-corrected chi connectivity index (χ3v) is 3.57. The van der Waals surface area contributed by atoms with Crippen LogP contribution in [0.15, 0.2) is 21.9 Å². The molecule has 0 spiro atoms. The van der Waals surface area contributed by atoms with Gasteiger partial charge in [-0.05, 0) is 19.3 Å². The molecule has 2 atom stereocenters. The summed E-state index contributed by atoms with van der Waals surface area (Å²) < 4.78 is 17.3. The van der Waals surface area contributed by atoms with Gasteiger partial charge in [-0.15, -0.1) is 0 Å². The second-order valence-electron chi connectivity index (χ2n) is 4.51. The summed E-state index contributed by atoms with van der Waals surface area (Å²) in [5.41, 5.74) is -1.02. The van der Waals surface area contributed by atoms with E-state index in [4.69, 9.17) is 14.5 Å². The van der Waals surface area contributed by atoms with Gasteiger partial charge in [-0.3, -0.25) is 18.9 Å². The summed E-state index contributed by atoms with van der Waals surface area (Å²) >= 11 is 0. The smallest absolute Gasteiger partial charge is 0.350 e. The van der Waals surface area contributed by atoms with E-state index in [1.165, 1.54) is 16.8 Å². The lowest BCUT2D eigenvalue weighted by Crippen LogP contribution is -2.35. The summed E-state index contributed by atoms with van der Waals surface area (Å²) in [6, 6.07) is 0.927. The molecule has 0 unspecified atom stereocenters. The topological polar surface area (TPSA) is 122 Å². The molecule has 0 aliphatic heterocycles. The normalized spacial score (nSPS) is 23.7. The Balaban J connectivity index is 2.16. The first-order chi connectivity index (χ1) is 8.87. The van der Waals surface area contributed by atoms with Crippen molar-refractivity contribution < 1.29 is 19.1 Å². The van der Waals surface area contributed by atoms with Crippen LogP contribution in [0.4, 0.5) is 0 Å². The van der Waals surface area contributed by atoms with E-state index in [2.05, 4.69) is 4.98 Å².